The molecule has 0 spiro atoms. The Hall–Kier alpha value is 0.0200. The van der Waals surface area contributed by atoms with Gasteiger partial charge in [0.2, 0.25) is 0 Å². The van der Waals surface area contributed by atoms with E-state index in [1.54, 1.807) is 18.2 Å². The smallest absolute Gasteiger partial charge is 0.144 e. The molecule has 0 unspecified atom stereocenters. The zero-order chi connectivity index (χ0) is 13.8. The summed E-state index contributed by atoms with van der Waals surface area (Å²) in [6, 6.07) is 5.05. The maximum absolute atomic E-state index is 13.9. The van der Waals surface area contributed by atoms with Crippen LogP contribution in [-0.4, -0.2) is 11.8 Å². The normalized spacial score (nSPS) is 12.2. The molecule has 0 heterocycles. The van der Waals surface area contributed by atoms with Gasteiger partial charge in [0, 0.05) is 17.2 Å². The third-order valence-corrected chi connectivity index (χ3v) is 4.43. The first-order chi connectivity index (χ1) is 8.44. The van der Waals surface area contributed by atoms with E-state index in [0.29, 0.717) is 29.7 Å². The van der Waals surface area contributed by atoms with Crippen molar-refractivity contribution in [3.05, 3.63) is 34.6 Å². The summed E-state index contributed by atoms with van der Waals surface area (Å²) in [6.07, 6.45) is 1.39. The van der Waals surface area contributed by atoms with Gasteiger partial charge in [-0.15, -0.1) is 23.2 Å². The van der Waals surface area contributed by atoms with E-state index >= 15 is 0 Å². The summed E-state index contributed by atoms with van der Waals surface area (Å²) in [6.45, 7) is 4.23. The summed E-state index contributed by atoms with van der Waals surface area (Å²) in [5.74, 6) is 0.939. The Bertz CT molecular complexity index is 387. The molecule has 18 heavy (non-hydrogen) atoms. The number of hydrogen-bond donors (Lipinski definition) is 0. The predicted molar refractivity (Wildman–Crippen MR) is 78.4 cm³/mol. The number of hydrogen-bond acceptors (Lipinski definition) is 0. The summed E-state index contributed by atoms with van der Waals surface area (Å²) in [7, 11) is 0. The molecule has 0 radical (unpaired) electrons. The molecule has 0 fully saturated rings. The number of rotatable bonds is 6. The Labute approximate surface area is 123 Å². The Kier molecular flexibility index (Phi) is 6.23. The van der Waals surface area contributed by atoms with E-state index < -0.39 is 0 Å². The van der Waals surface area contributed by atoms with Crippen LogP contribution >= 0.6 is 34.8 Å². The largest absolute Gasteiger partial charge is 0.205 e. The van der Waals surface area contributed by atoms with Crippen molar-refractivity contribution in [2.45, 2.75) is 26.7 Å². The molecule has 1 rings (SSSR count). The molecule has 0 atom stereocenters. The van der Waals surface area contributed by atoms with E-state index in [9.17, 15) is 4.39 Å². The van der Waals surface area contributed by atoms with Crippen molar-refractivity contribution in [3.63, 3.8) is 0 Å². The second kappa shape index (κ2) is 6.98. The van der Waals surface area contributed by atoms with Gasteiger partial charge in [-0.3, -0.25) is 0 Å². The minimum absolute atomic E-state index is 0.148. The molecule has 0 aliphatic carbocycles. The lowest BCUT2D eigenvalue weighted by molar-refractivity contribution is 0.292. The van der Waals surface area contributed by atoms with Crippen molar-refractivity contribution in [3.8, 4) is 0 Å². The number of benzene rings is 1. The van der Waals surface area contributed by atoms with Gasteiger partial charge in [0.25, 0.3) is 0 Å². The average molecular weight is 312 g/mol. The van der Waals surface area contributed by atoms with Crippen LogP contribution in [-0.2, 0) is 6.42 Å². The average Bonchev–Trinajstić information content (AvgIpc) is 2.33. The van der Waals surface area contributed by atoms with Crippen LogP contribution in [0.2, 0.25) is 5.02 Å². The quantitative estimate of drug-likeness (QED) is 0.606. The van der Waals surface area contributed by atoms with Gasteiger partial charge in [-0.25, -0.2) is 4.39 Å². The maximum atomic E-state index is 13.9. The molecule has 0 saturated heterocycles. The maximum Gasteiger partial charge on any atom is 0.144 e. The highest BCUT2D eigenvalue weighted by molar-refractivity contribution is 6.30. The summed E-state index contributed by atoms with van der Waals surface area (Å²) in [5.41, 5.74) is 0.312. The van der Waals surface area contributed by atoms with Gasteiger partial charge in [-0.1, -0.05) is 37.6 Å². The lowest BCUT2D eigenvalue weighted by Crippen LogP contribution is -2.30. The fourth-order valence-electron chi connectivity index (χ4n) is 2.27. The molecule has 0 nitrogen and oxygen atoms in total. The molecule has 0 aliphatic rings. The molecule has 0 N–H and O–H groups in total. The zero-order valence-corrected chi connectivity index (χ0v) is 12.9. The first kappa shape index (κ1) is 16.1. The van der Waals surface area contributed by atoms with E-state index in [4.69, 9.17) is 34.8 Å². The van der Waals surface area contributed by atoms with Crippen LogP contribution < -0.4 is 0 Å². The second-order valence-corrected chi connectivity index (χ2v) is 6.20. The Morgan fingerprint density at radius 2 is 1.83 bits per heavy atom. The summed E-state index contributed by atoms with van der Waals surface area (Å²) in [5, 5.41) is 0.148. The minimum atomic E-state index is -0.359. The summed E-state index contributed by atoms with van der Waals surface area (Å²) < 4.78 is 13.9. The third-order valence-electron chi connectivity index (χ3n) is 3.01. The fourth-order valence-corrected chi connectivity index (χ4v) is 3.15. The highest BCUT2D eigenvalue weighted by atomic mass is 35.5. The first-order valence-electron chi connectivity index (χ1n) is 5.99. The Morgan fingerprint density at radius 1 is 1.22 bits per heavy atom. The second-order valence-electron chi connectivity index (χ2n) is 5.25. The van der Waals surface area contributed by atoms with E-state index in [-0.39, 0.29) is 16.3 Å². The van der Waals surface area contributed by atoms with Crippen molar-refractivity contribution in [2.24, 2.45) is 11.3 Å². The van der Waals surface area contributed by atoms with Crippen molar-refractivity contribution in [1.82, 2.24) is 0 Å². The minimum Gasteiger partial charge on any atom is -0.205 e. The molecule has 0 aliphatic heterocycles. The molecular formula is C14H18Cl3F. The van der Waals surface area contributed by atoms with Crippen LogP contribution in [0.5, 0.6) is 0 Å². The standard InChI is InChI=1S/C14H18Cl3F/c1-10(2)6-14(8-15,9-16)7-11-4-3-5-12(17)13(11)18/h3-5,10H,6-9H2,1-2H3. The monoisotopic (exact) mass is 310 g/mol. The molecule has 1 aromatic carbocycles. The lowest BCUT2D eigenvalue weighted by Gasteiger charge is -2.31. The molecule has 0 saturated carbocycles. The molecule has 0 amide bonds. The topological polar surface area (TPSA) is 0 Å². The van der Waals surface area contributed by atoms with Crippen LogP contribution in [0.4, 0.5) is 4.39 Å². The van der Waals surface area contributed by atoms with Crippen LogP contribution in [0.15, 0.2) is 18.2 Å². The molecule has 0 bridgehead atoms. The SMILES string of the molecule is CC(C)CC(CCl)(CCl)Cc1cccc(Cl)c1F. The highest BCUT2D eigenvalue weighted by Gasteiger charge is 2.31. The van der Waals surface area contributed by atoms with Gasteiger partial charge in [0.15, 0.2) is 0 Å². The van der Waals surface area contributed by atoms with Gasteiger partial charge in [0.1, 0.15) is 5.82 Å². The zero-order valence-electron chi connectivity index (χ0n) is 10.6. The molecule has 102 valence electrons. The van der Waals surface area contributed by atoms with Crippen molar-refractivity contribution >= 4 is 34.8 Å². The van der Waals surface area contributed by atoms with Crippen LogP contribution in [0.25, 0.3) is 0 Å². The van der Waals surface area contributed by atoms with Crippen LogP contribution in [0.3, 0.4) is 0 Å². The summed E-state index contributed by atoms with van der Waals surface area (Å²) >= 11 is 17.9. The van der Waals surface area contributed by atoms with Crippen molar-refractivity contribution in [1.29, 1.82) is 0 Å². The lowest BCUT2D eigenvalue weighted by atomic mass is 9.78. The molecule has 0 aromatic heterocycles. The van der Waals surface area contributed by atoms with Gasteiger partial charge in [0.05, 0.1) is 5.02 Å². The van der Waals surface area contributed by atoms with Gasteiger partial charge < -0.3 is 0 Å². The predicted octanol–water partition coefficient (Wildman–Crippen LogP) is 5.53. The Morgan fingerprint density at radius 3 is 2.33 bits per heavy atom. The molecule has 4 heteroatoms. The van der Waals surface area contributed by atoms with E-state index in [1.807, 2.05) is 0 Å². The number of halogens is 4. The Balaban J connectivity index is 2.99. The highest BCUT2D eigenvalue weighted by Crippen LogP contribution is 2.35. The van der Waals surface area contributed by atoms with Gasteiger partial charge in [-0.2, -0.15) is 0 Å². The van der Waals surface area contributed by atoms with E-state index in [1.165, 1.54) is 0 Å². The van der Waals surface area contributed by atoms with Gasteiger partial charge in [-0.05, 0) is 30.4 Å². The number of alkyl halides is 2. The van der Waals surface area contributed by atoms with E-state index in [2.05, 4.69) is 13.8 Å². The van der Waals surface area contributed by atoms with Crippen LogP contribution in [0.1, 0.15) is 25.8 Å². The van der Waals surface area contributed by atoms with Crippen molar-refractivity contribution < 1.29 is 4.39 Å². The fraction of sp³-hybridized carbons (Fsp3) is 0.571. The van der Waals surface area contributed by atoms with Crippen LogP contribution in [0, 0.1) is 17.2 Å². The molecule has 1 aromatic rings. The third kappa shape index (κ3) is 4.01. The van der Waals surface area contributed by atoms with Gasteiger partial charge >= 0.3 is 0 Å². The first-order valence-corrected chi connectivity index (χ1v) is 7.43. The summed E-state index contributed by atoms with van der Waals surface area (Å²) in [4.78, 5) is 0. The van der Waals surface area contributed by atoms with E-state index in [0.717, 1.165) is 6.42 Å². The molecular weight excluding hydrogens is 294 g/mol. The van der Waals surface area contributed by atoms with Crippen molar-refractivity contribution in [2.75, 3.05) is 11.8 Å².